The van der Waals surface area contributed by atoms with Crippen molar-refractivity contribution in [1.29, 1.82) is 5.26 Å². The average molecular weight is 458 g/mol. The summed E-state index contributed by atoms with van der Waals surface area (Å²) < 4.78 is 6.30. The molecule has 176 valence electrons. The molecule has 0 bridgehead atoms. The Hall–Kier alpha value is -3.41. The molecule has 8 nitrogen and oxygen atoms in total. The number of fused-ring (bicyclic) bond motifs is 1. The monoisotopic (exact) mass is 457 g/mol. The van der Waals surface area contributed by atoms with Gasteiger partial charge in [-0.25, -0.2) is 4.98 Å². The van der Waals surface area contributed by atoms with Crippen LogP contribution in [0.3, 0.4) is 0 Å². The lowest BCUT2D eigenvalue weighted by molar-refractivity contribution is -0.0159. The van der Waals surface area contributed by atoms with Gasteiger partial charge in [-0.05, 0) is 50.1 Å². The highest BCUT2D eigenvalue weighted by Crippen LogP contribution is 2.30. The maximum absolute atomic E-state index is 9.48. The molecule has 0 radical (unpaired) electrons. The van der Waals surface area contributed by atoms with Crippen LogP contribution in [0.15, 0.2) is 48.8 Å². The molecular formula is C26H31N7O. The van der Waals surface area contributed by atoms with Gasteiger partial charge in [0.15, 0.2) is 0 Å². The van der Waals surface area contributed by atoms with Crippen LogP contribution in [-0.2, 0) is 4.74 Å². The van der Waals surface area contributed by atoms with E-state index in [0.717, 1.165) is 67.8 Å². The van der Waals surface area contributed by atoms with Gasteiger partial charge in [-0.15, -0.1) is 0 Å². The molecule has 3 atom stereocenters. The molecule has 4 heterocycles. The number of benzene rings is 1. The van der Waals surface area contributed by atoms with E-state index in [0.29, 0.717) is 17.4 Å². The van der Waals surface area contributed by atoms with Crippen molar-refractivity contribution in [2.75, 3.05) is 48.3 Å². The minimum Gasteiger partial charge on any atom is -0.384 e. The Labute approximate surface area is 200 Å². The number of hydrogen-bond acceptors (Lipinski definition) is 8. The Morgan fingerprint density at radius 3 is 2.91 bits per heavy atom. The molecule has 1 aromatic carbocycles. The second-order valence-electron chi connectivity index (χ2n) is 9.25. The van der Waals surface area contributed by atoms with E-state index in [1.807, 2.05) is 36.4 Å². The van der Waals surface area contributed by atoms with Crippen LogP contribution in [0.4, 0.5) is 17.2 Å². The average Bonchev–Trinajstić information content (AvgIpc) is 2.86. The van der Waals surface area contributed by atoms with E-state index in [1.54, 1.807) is 12.4 Å². The van der Waals surface area contributed by atoms with Gasteiger partial charge in [0, 0.05) is 74.0 Å². The van der Waals surface area contributed by atoms with E-state index >= 15 is 0 Å². The first-order valence-electron chi connectivity index (χ1n) is 12.0. The molecule has 0 amide bonds. The third-order valence-corrected chi connectivity index (χ3v) is 6.72. The van der Waals surface area contributed by atoms with Crippen LogP contribution in [0.1, 0.15) is 25.3 Å². The molecule has 0 unspecified atom stereocenters. The van der Waals surface area contributed by atoms with Gasteiger partial charge < -0.3 is 25.6 Å². The number of ether oxygens (including phenoxy) is 1. The number of nitrogen functional groups attached to an aromatic ring is 1. The number of nitrogens with zero attached hydrogens (tertiary/aromatic N) is 5. The number of nitrogens with one attached hydrogen (secondary N) is 1. The van der Waals surface area contributed by atoms with Crippen LogP contribution in [0.25, 0.3) is 10.9 Å². The summed E-state index contributed by atoms with van der Waals surface area (Å²) in [6.45, 7) is 6.51. The smallest absolute Gasteiger partial charge is 0.125 e. The van der Waals surface area contributed by atoms with Crippen molar-refractivity contribution in [3.63, 3.8) is 0 Å². The molecular weight excluding hydrogens is 426 g/mol. The fraction of sp³-hybridized carbons (Fsp3) is 0.423. The molecule has 3 N–H and O–H groups in total. The number of rotatable bonds is 5. The minimum absolute atomic E-state index is 0.0815. The van der Waals surface area contributed by atoms with Gasteiger partial charge in [0.25, 0.3) is 0 Å². The molecule has 0 saturated carbocycles. The van der Waals surface area contributed by atoms with E-state index in [4.69, 9.17) is 10.5 Å². The summed E-state index contributed by atoms with van der Waals surface area (Å²) >= 11 is 0. The normalized spacial score (nSPS) is 23.1. The molecule has 5 rings (SSSR count). The summed E-state index contributed by atoms with van der Waals surface area (Å²) in [6.07, 6.45) is 6.00. The maximum atomic E-state index is 9.48. The highest BCUT2D eigenvalue weighted by atomic mass is 16.5. The summed E-state index contributed by atoms with van der Waals surface area (Å²) in [5.74, 6) is 0.558. The number of pyridine rings is 2. The maximum Gasteiger partial charge on any atom is 0.125 e. The highest BCUT2D eigenvalue weighted by molar-refractivity contribution is 5.95. The van der Waals surface area contributed by atoms with Crippen molar-refractivity contribution in [2.24, 2.45) is 0 Å². The van der Waals surface area contributed by atoms with Gasteiger partial charge in [-0.1, -0.05) is 0 Å². The van der Waals surface area contributed by atoms with E-state index in [2.05, 4.69) is 38.1 Å². The molecule has 0 aliphatic carbocycles. The van der Waals surface area contributed by atoms with Crippen molar-refractivity contribution in [3.05, 3.63) is 54.4 Å². The molecule has 8 heteroatoms. The van der Waals surface area contributed by atoms with E-state index in [9.17, 15) is 5.26 Å². The largest absolute Gasteiger partial charge is 0.384 e. The fourth-order valence-corrected chi connectivity index (χ4v) is 5.19. The predicted molar refractivity (Wildman–Crippen MR) is 135 cm³/mol. The van der Waals surface area contributed by atoms with Crippen LogP contribution >= 0.6 is 0 Å². The second-order valence-corrected chi connectivity index (χ2v) is 9.25. The van der Waals surface area contributed by atoms with Gasteiger partial charge in [0.2, 0.25) is 0 Å². The summed E-state index contributed by atoms with van der Waals surface area (Å²) in [6, 6.07) is 14.5. The van der Waals surface area contributed by atoms with Gasteiger partial charge in [-0.2, -0.15) is 5.26 Å². The molecule has 0 spiro atoms. The standard InChI is InChI=1S/C26H31N7O/c1-18-15-33(24-7-6-19(13-27)26-23(24)5-2-9-30-26)17-22(34-18)14-31-20-4-3-11-32(16-20)21-8-10-29-25(28)12-21/h2,5-10,12,18,20,22,31H,3-4,11,14-17H2,1H3,(H2,28,29)/t18-,20-,22+/m1/s1. The molecule has 2 aliphatic heterocycles. The SMILES string of the molecule is C[C@@H]1CN(c2ccc(C#N)c3ncccc23)C[C@H](CN[C@@H]2CCCN(c3ccnc(N)c3)C2)O1. The first kappa shape index (κ1) is 22.4. The summed E-state index contributed by atoms with van der Waals surface area (Å²) in [5, 5.41) is 14.2. The zero-order valence-corrected chi connectivity index (χ0v) is 19.5. The molecule has 2 aliphatic rings. The number of aromatic nitrogens is 2. The zero-order chi connectivity index (χ0) is 23.5. The van der Waals surface area contributed by atoms with Crippen molar-refractivity contribution in [2.45, 2.75) is 38.0 Å². The van der Waals surface area contributed by atoms with E-state index in [1.165, 1.54) is 0 Å². The molecule has 2 saturated heterocycles. The topological polar surface area (TPSA) is 103 Å². The van der Waals surface area contributed by atoms with Gasteiger partial charge in [0.05, 0.1) is 23.3 Å². The van der Waals surface area contributed by atoms with Crippen LogP contribution in [-0.4, -0.2) is 60.9 Å². The Kier molecular flexibility index (Phi) is 6.48. The lowest BCUT2D eigenvalue weighted by Gasteiger charge is -2.40. The third kappa shape index (κ3) is 4.76. The second kappa shape index (κ2) is 9.84. The van der Waals surface area contributed by atoms with Crippen LogP contribution in [0.2, 0.25) is 0 Å². The van der Waals surface area contributed by atoms with Crippen molar-refractivity contribution >= 4 is 28.1 Å². The Morgan fingerprint density at radius 2 is 2.06 bits per heavy atom. The first-order chi connectivity index (χ1) is 16.6. The Bertz CT molecular complexity index is 1190. The van der Waals surface area contributed by atoms with Crippen LogP contribution in [0.5, 0.6) is 0 Å². The number of nitriles is 1. The van der Waals surface area contributed by atoms with Crippen LogP contribution in [0, 0.1) is 11.3 Å². The number of piperidine rings is 1. The van der Waals surface area contributed by atoms with Crippen molar-refractivity contribution in [1.82, 2.24) is 15.3 Å². The van der Waals surface area contributed by atoms with Gasteiger partial charge >= 0.3 is 0 Å². The molecule has 2 fully saturated rings. The number of anilines is 3. The quantitative estimate of drug-likeness (QED) is 0.603. The number of hydrogen-bond donors (Lipinski definition) is 2. The van der Waals surface area contributed by atoms with Crippen molar-refractivity contribution in [3.8, 4) is 6.07 Å². The number of morpholine rings is 1. The molecule has 3 aromatic rings. The number of nitrogens with two attached hydrogens (primary N) is 1. The lowest BCUT2D eigenvalue weighted by Crippen LogP contribution is -2.53. The fourth-order valence-electron chi connectivity index (χ4n) is 5.19. The Morgan fingerprint density at radius 1 is 1.15 bits per heavy atom. The highest BCUT2D eigenvalue weighted by Gasteiger charge is 2.28. The Balaban J connectivity index is 1.25. The van der Waals surface area contributed by atoms with Gasteiger partial charge in [-0.3, -0.25) is 4.98 Å². The van der Waals surface area contributed by atoms with Crippen LogP contribution < -0.4 is 20.9 Å². The zero-order valence-electron chi connectivity index (χ0n) is 19.5. The van der Waals surface area contributed by atoms with Gasteiger partial charge in [0.1, 0.15) is 11.9 Å². The summed E-state index contributed by atoms with van der Waals surface area (Å²) in [7, 11) is 0. The van der Waals surface area contributed by atoms with E-state index < -0.39 is 0 Å². The third-order valence-electron chi connectivity index (χ3n) is 6.72. The first-order valence-corrected chi connectivity index (χ1v) is 12.0. The minimum atomic E-state index is 0.0815. The molecule has 2 aromatic heterocycles. The lowest BCUT2D eigenvalue weighted by atomic mass is 10.0. The predicted octanol–water partition coefficient (Wildman–Crippen LogP) is 2.94. The summed E-state index contributed by atoms with van der Waals surface area (Å²) in [5.41, 5.74) is 9.50. The molecule has 34 heavy (non-hydrogen) atoms. The van der Waals surface area contributed by atoms with E-state index in [-0.39, 0.29) is 12.2 Å². The summed E-state index contributed by atoms with van der Waals surface area (Å²) in [4.78, 5) is 13.3. The van der Waals surface area contributed by atoms with Crippen molar-refractivity contribution < 1.29 is 4.74 Å².